The molecule has 0 atom stereocenters. The van der Waals surface area contributed by atoms with E-state index in [1.807, 2.05) is 0 Å². The molecule has 0 saturated heterocycles. The molecule has 0 radical (unpaired) electrons. The molecule has 4 nitrogen and oxygen atoms in total. The number of benzene rings is 2. The molecule has 3 aromatic rings. The zero-order valence-electron chi connectivity index (χ0n) is 9.74. The van der Waals surface area contributed by atoms with Gasteiger partial charge in [-0.3, -0.25) is 4.79 Å². The second-order valence-electron chi connectivity index (χ2n) is 4.18. The molecular formula is C14H9FN2O2. The van der Waals surface area contributed by atoms with Crippen molar-refractivity contribution in [3.8, 4) is 0 Å². The molecule has 0 spiro atoms. The van der Waals surface area contributed by atoms with Crippen molar-refractivity contribution >= 4 is 16.8 Å². The summed E-state index contributed by atoms with van der Waals surface area (Å²) in [5.41, 5.74) is 1.52. The maximum atomic E-state index is 13.1. The smallest absolute Gasteiger partial charge is 0.306 e. The maximum Gasteiger partial charge on any atom is 0.323 e. The number of hydrogen-bond donors (Lipinski definition) is 2. The van der Waals surface area contributed by atoms with Crippen LogP contribution in [0.2, 0.25) is 0 Å². The highest BCUT2D eigenvalue weighted by molar-refractivity contribution is 6.10. The van der Waals surface area contributed by atoms with Crippen molar-refractivity contribution in [3.63, 3.8) is 0 Å². The Kier molecular flexibility index (Phi) is 2.52. The number of aromatic nitrogens is 2. The number of H-pyrrole nitrogens is 2. The van der Waals surface area contributed by atoms with Gasteiger partial charge in [-0.15, -0.1) is 0 Å². The first-order valence-electron chi connectivity index (χ1n) is 5.66. The molecule has 5 heteroatoms. The number of fused-ring (bicyclic) bond motifs is 1. The first kappa shape index (κ1) is 11.4. The summed E-state index contributed by atoms with van der Waals surface area (Å²) >= 11 is 0. The summed E-state index contributed by atoms with van der Waals surface area (Å²) in [5, 5.41) is 0. The molecule has 0 saturated carbocycles. The Morgan fingerprint density at radius 3 is 2.47 bits per heavy atom. The van der Waals surface area contributed by atoms with Crippen LogP contribution >= 0.6 is 0 Å². The molecule has 0 unspecified atom stereocenters. The monoisotopic (exact) mass is 256 g/mol. The van der Waals surface area contributed by atoms with Gasteiger partial charge in [-0.05, 0) is 30.3 Å². The number of aromatic amines is 2. The minimum atomic E-state index is -0.457. The second-order valence-corrected chi connectivity index (χ2v) is 4.18. The number of carbonyl (C=O) groups excluding carboxylic acids is 1. The summed E-state index contributed by atoms with van der Waals surface area (Å²) in [7, 11) is 0. The van der Waals surface area contributed by atoms with Gasteiger partial charge in [0.1, 0.15) is 5.82 Å². The molecule has 0 fully saturated rings. The molecule has 94 valence electrons. The van der Waals surface area contributed by atoms with E-state index in [9.17, 15) is 14.0 Å². The van der Waals surface area contributed by atoms with Gasteiger partial charge in [-0.2, -0.15) is 0 Å². The van der Waals surface area contributed by atoms with Crippen molar-refractivity contribution in [1.82, 2.24) is 9.97 Å². The molecule has 0 bridgehead atoms. The molecule has 0 aliphatic carbocycles. The third-order valence-electron chi connectivity index (χ3n) is 2.86. The summed E-state index contributed by atoms with van der Waals surface area (Å²) < 4.78 is 13.1. The van der Waals surface area contributed by atoms with Crippen molar-refractivity contribution in [2.75, 3.05) is 0 Å². The highest BCUT2D eigenvalue weighted by Gasteiger charge is 2.11. The number of hydrogen-bond acceptors (Lipinski definition) is 2. The zero-order valence-corrected chi connectivity index (χ0v) is 9.74. The van der Waals surface area contributed by atoms with E-state index in [4.69, 9.17) is 0 Å². The van der Waals surface area contributed by atoms with Gasteiger partial charge in [0.25, 0.3) is 0 Å². The Morgan fingerprint density at radius 2 is 1.68 bits per heavy atom. The molecule has 3 rings (SSSR count). The maximum absolute atomic E-state index is 13.1. The SMILES string of the molecule is O=C(c1cccc(F)c1)c1ccc2[nH]c(=O)[nH]c2c1. The van der Waals surface area contributed by atoms with Crippen LogP contribution in [-0.2, 0) is 0 Å². The van der Waals surface area contributed by atoms with Crippen molar-refractivity contribution in [1.29, 1.82) is 0 Å². The molecule has 0 amide bonds. The summed E-state index contributed by atoms with van der Waals surface area (Å²) in [4.78, 5) is 28.5. The first-order valence-corrected chi connectivity index (χ1v) is 5.66. The fourth-order valence-electron chi connectivity index (χ4n) is 1.97. The number of rotatable bonds is 2. The minimum Gasteiger partial charge on any atom is -0.306 e. The first-order chi connectivity index (χ1) is 9.13. The van der Waals surface area contributed by atoms with Gasteiger partial charge < -0.3 is 9.97 Å². The van der Waals surface area contributed by atoms with Crippen molar-refractivity contribution < 1.29 is 9.18 Å². The van der Waals surface area contributed by atoms with Crippen LogP contribution in [0.15, 0.2) is 47.3 Å². The largest absolute Gasteiger partial charge is 0.323 e. The van der Waals surface area contributed by atoms with Crippen LogP contribution < -0.4 is 5.69 Å². The Morgan fingerprint density at radius 1 is 0.947 bits per heavy atom. The normalized spacial score (nSPS) is 10.8. The summed E-state index contributed by atoms with van der Waals surface area (Å²) in [6.07, 6.45) is 0. The Balaban J connectivity index is 2.08. The standard InChI is InChI=1S/C14H9FN2O2/c15-10-3-1-2-8(6-10)13(18)9-4-5-11-12(7-9)17-14(19)16-11/h1-7H,(H2,16,17,19). The van der Waals surface area contributed by atoms with Crippen LogP contribution in [0.25, 0.3) is 11.0 Å². The Hall–Kier alpha value is -2.69. The van der Waals surface area contributed by atoms with Gasteiger partial charge in [0.05, 0.1) is 11.0 Å². The van der Waals surface area contributed by atoms with E-state index in [-0.39, 0.29) is 17.0 Å². The molecular weight excluding hydrogens is 247 g/mol. The van der Waals surface area contributed by atoms with Crippen molar-refractivity contribution in [2.24, 2.45) is 0 Å². The average Bonchev–Trinajstić information content (AvgIpc) is 2.76. The van der Waals surface area contributed by atoms with E-state index in [0.29, 0.717) is 16.6 Å². The van der Waals surface area contributed by atoms with Crippen LogP contribution in [0.1, 0.15) is 15.9 Å². The van der Waals surface area contributed by atoms with Gasteiger partial charge in [-0.25, -0.2) is 9.18 Å². The van der Waals surface area contributed by atoms with E-state index in [1.54, 1.807) is 24.3 Å². The van der Waals surface area contributed by atoms with E-state index in [2.05, 4.69) is 9.97 Å². The number of ketones is 1. The number of halogens is 1. The topological polar surface area (TPSA) is 65.7 Å². The lowest BCUT2D eigenvalue weighted by atomic mass is 10.0. The summed E-state index contributed by atoms with van der Waals surface area (Å²) in [6.45, 7) is 0. The Labute approximate surface area is 106 Å². The number of imidazole rings is 1. The third kappa shape index (κ3) is 2.06. The van der Waals surface area contributed by atoms with E-state index in [1.165, 1.54) is 18.2 Å². The van der Waals surface area contributed by atoms with Crippen LogP contribution in [-0.4, -0.2) is 15.8 Å². The predicted octanol–water partition coefficient (Wildman–Crippen LogP) is 2.23. The molecule has 1 heterocycles. The summed E-state index contributed by atoms with van der Waals surface area (Å²) in [5.74, 6) is -0.745. The lowest BCUT2D eigenvalue weighted by Gasteiger charge is -2.01. The molecule has 2 N–H and O–H groups in total. The van der Waals surface area contributed by atoms with E-state index in [0.717, 1.165) is 0 Å². The van der Waals surface area contributed by atoms with Crippen LogP contribution in [0, 0.1) is 5.82 Å². The fourth-order valence-corrected chi connectivity index (χ4v) is 1.97. The molecule has 1 aromatic heterocycles. The Bertz CT molecular complexity index is 833. The zero-order chi connectivity index (χ0) is 13.4. The van der Waals surface area contributed by atoms with Crippen LogP contribution in [0.5, 0.6) is 0 Å². The highest BCUT2D eigenvalue weighted by atomic mass is 19.1. The lowest BCUT2D eigenvalue weighted by molar-refractivity contribution is 0.103. The second kappa shape index (κ2) is 4.20. The van der Waals surface area contributed by atoms with Crippen molar-refractivity contribution in [3.05, 3.63) is 69.9 Å². The molecule has 0 aliphatic heterocycles. The van der Waals surface area contributed by atoms with Gasteiger partial charge >= 0.3 is 5.69 Å². The fraction of sp³-hybridized carbons (Fsp3) is 0. The highest BCUT2D eigenvalue weighted by Crippen LogP contribution is 2.15. The third-order valence-corrected chi connectivity index (χ3v) is 2.86. The van der Waals surface area contributed by atoms with Gasteiger partial charge in [0.2, 0.25) is 0 Å². The van der Waals surface area contributed by atoms with E-state index >= 15 is 0 Å². The average molecular weight is 256 g/mol. The number of carbonyl (C=O) groups is 1. The van der Waals surface area contributed by atoms with Crippen LogP contribution in [0.3, 0.4) is 0 Å². The molecule has 0 aliphatic rings. The van der Waals surface area contributed by atoms with E-state index < -0.39 is 5.82 Å². The van der Waals surface area contributed by atoms with Crippen LogP contribution in [0.4, 0.5) is 4.39 Å². The quantitative estimate of drug-likeness (QED) is 0.690. The van der Waals surface area contributed by atoms with Gasteiger partial charge in [0.15, 0.2) is 5.78 Å². The minimum absolute atomic E-state index is 0.275. The molecule has 2 aromatic carbocycles. The lowest BCUT2D eigenvalue weighted by Crippen LogP contribution is -2.01. The number of nitrogens with one attached hydrogen (secondary N) is 2. The van der Waals surface area contributed by atoms with Gasteiger partial charge in [0, 0.05) is 11.1 Å². The predicted molar refractivity (Wildman–Crippen MR) is 68.8 cm³/mol. The molecule has 19 heavy (non-hydrogen) atoms. The van der Waals surface area contributed by atoms with Crippen molar-refractivity contribution in [2.45, 2.75) is 0 Å². The summed E-state index contributed by atoms with van der Waals surface area (Å²) in [6, 6.07) is 10.3. The van der Waals surface area contributed by atoms with Gasteiger partial charge in [-0.1, -0.05) is 12.1 Å².